The Balaban J connectivity index is 1.76. The Hall–Kier alpha value is -1.35. The fourth-order valence-corrected chi connectivity index (χ4v) is 2.36. The van der Waals surface area contributed by atoms with Crippen molar-refractivity contribution in [3.63, 3.8) is 0 Å². The van der Waals surface area contributed by atoms with Crippen LogP contribution < -0.4 is 0 Å². The molecule has 0 spiro atoms. The molecular weight excluding hydrogens is 228 g/mol. The minimum atomic E-state index is -0.150. The SMILES string of the molecule is CCOC(=O)CC1CCC(Cc2ccccc2)O1. The lowest BCUT2D eigenvalue weighted by molar-refractivity contribution is -0.146. The van der Waals surface area contributed by atoms with E-state index in [2.05, 4.69) is 12.1 Å². The fourth-order valence-electron chi connectivity index (χ4n) is 2.36. The molecule has 1 aliphatic rings. The number of ether oxygens (including phenoxy) is 2. The first-order valence-corrected chi connectivity index (χ1v) is 6.63. The van der Waals surface area contributed by atoms with E-state index >= 15 is 0 Å². The Bertz CT molecular complexity index is 375. The van der Waals surface area contributed by atoms with Crippen molar-refractivity contribution >= 4 is 5.97 Å². The van der Waals surface area contributed by atoms with Gasteiger partial charge in [-0.15, -0.1) is 0 Å². The monoisotopic (exact) mass is 248 g/mol. The minimum absolute atomic E-state index is 0.0396. The largest absolute Gasteiger partial charge is 0.466 e. The second-order valence-corrected chi connectivity index (χ2v) is 4.66. The Morgan fingerprint density at radius 3 is 2.72 bits per heavy atom. The van der Waals surface area contributed by atoms with Gasteiger partial charge in [0.1, 0.15) is 0 Å². The molecule has 0 aliphatic carbocycles. The normalized spacial score (nSPS) is 22.9. The number of rotatable bonds is 5. The zero-order valence-electron chi connectivity index (χ0n) is 10.8. The van der Waals surface area contributed by atoms with Gasteiger partial charge in [-0.25, -0.2) is 0 Å². The molecule has 0 bridgehead atoms. The quantitative estimate of drug-likeness (QED) is 0.752. The van der Waals surface area contributed by atoms with Crippen molar-refractivity contribution in [2.75, 3.05) is 6.61 Å². The van der Waals surface area contributed by atoms with Crippen LogP contribution >= 0.6 is 0 Å². The fraction of sp³-hybridized carbons (Fsp3) is 0.533. The maximum Gasteiger partial charge on any atom is 0.308 e. The predicted octanol–water partition coefficient (Wildman–Crippen LogP) is 2.73. The summed E-state index contributed by atoms with van der Waals surface area (Å²) in [6, 6.07) is 10.3. The summed E-state index contributed by atoms with van der Waals surface area (Å²) >= 11 is 0. The van der Waals surface area contributed by atoms with E-state index < -0.39 is 0 Å². The number of carbonyl (C=O) groups excluding carboxylic acids is 1. The third-order valence-electron chi connectivity index (χ3n) is 3.20. The molecule has 1 saturated heterocycles. The lowest BCUT2D eigenvalue weighted by Crippen LogP contribution is -2.18. The van der Waals surface area contributed by atoms with E-state index in [1.165, 1.54) is 5.56 Å². The molecule has 0 amide bonds. The molecule has 18 heavy (non-hydrogen) atoms. The van der Waals surface area contributed by atoms with Gasteiger partial charge < -0.3 is 9.47 Å². The molecule has 2 rings (SSSR count). The van der Waals surface area contributed by atoms with E-state index in [-0.39, 0.29) is 18.2 Å². The van der Waals surface area contributed by atoms with Crippen molar-refractivity contribution in [1.29, 1.82) is 0 Å². The van der Waals surface area contributed by atoms with E-state index in [1.807, 2.05) is 25.1 Å². The molecule has 2 unspecified atom stereocenters. The second kappa shape index (κ2) is 6.55. The molecule has 1 fully saturated rings. The van der Waals surface area contributed by atoms with Gasteiger partial charge >= 0.3 is 5.97 Å². The molecule has 1 aliphatic heterocycles. The van der Waals surface area contributed by atoms with Crippen LogP contribution in [0.25, 0.3) is 0 Å². The maximum atomic E-state index is 11.4. The third-order valence-corrected chi connectivity index (χ3v) is 3.20. The van der Waals surface area contributed by atoms with Crippen LogP contribution in [0.5, 0.6) is 0 Å². The summed E-state index contributed by atoms with van der Waals surface area (Å²) in [6.45, 7) is 2.27. The van der Waals surface area contributed by atoms with Gasteiger partial charge in [0.15, 0.2) is 0 Å². The molecule has 1 aromatic carbocycles. The molecule has 2 atom stereocenters. The average Bonchev–Trinajstić information content (AvgIpc) is 2.78. The highest BCUT2D eigenvalue weighted by molar-refractivity contribution is 5.69. The van der Waals surface area contributed by atoms with Gasteiger partial charge in [0.25, 0.3) is 0 Å². The molecular formula is C15H20O3. The summed E-state index contributed by atoms with van der Waals surface area (Å²) in [5, 5.41) is 0. The van der Waals surface area contributed by atoms with E-state index in [4.69, 9.17) is 9.47 Å². The molecule has 3 nitrogen and oxygen atoms in total. The van der Waals surface area contributed by atoms with E-state index in [0.29, 0.717) is 13.0 Å². The van der Waals surface area contributed by atoms with Gasteiger partial charge in [-0.2, -0.15) is 0 Å². The summed E-state index contributed by atoms with van der Waals surface area (Å²) in [5.74, 6) is -0.150. The summed E-state index contributed by atoms with van der Waals surface area (Å²) in [4.78, 5) is 11.4. The van der Waals surface area contributed by atoms with Crippen molar-refractivity contribution in [3.05, 3.63) is 35.9 Å². The zero-order chi connectivity index (χ0) is 12.8. The van der Waals surface area contributed by atoms with E-state index in [1.54, 1.807) is 0 Å². The Kier molecular flexibility index (Phi) is 4.76. The molecule has 1 heterocycles. The number of hydrogen-bond acceptors (Lipinski definition) is 3. The summed E-state index contributed by atoms with van der Waals surface area (Å²) in [7, 11) is 0. The number of benzene rings is 1. The van der Waals surface area contributed by atoms with Crippen LogP contribution in [0, 0.1) is 0 Å². The first-order chi connectivity index (χ1) is 8.78. The molecule has 0 N–H and O–H groups in total. The van der Waals surface area contributed by atoms with Crippen molar-refractivity contribution in [3.8, 4) is 0 Å². The standard InChI is InChI=1S/C15H20O3/c1-2-17-15(16)11-14-9-8-13(18-14)10-12-6-4-3-5-7-12/h3-7,13-14H,2,8-11H2,1H3. The van der Waals surface area contributed by atoms with Crippen LogP contribution in [0.1, 0.15) is 31.7 Å². The predicted molar refractivity (Wildman–Crippen MR) is 69.3 cm³/mol. The maximum absolute atomic E-state index is 11.4. The number of hydrogen-bond donors (Lipinski definition) is 0. The van der Waals surface area contributed by atoms with Gasteiger partial charge in [-0.3, -0.25) is 4.79 Å². The van der Waals surface area contributed by atoms with Crippen molar-refractivity contribution < 1.29 is 14.3 Å². The second-order valence-electron chi connectivity index (χ2n) is 4.66. The van der Waals surface area contributed by atoms with Gasteiger partial charge in [-0.05, 0) is 31.7 Å². The first kappa shape index (κ1) is 13.1. The van der Waals surface area contributed by atoms with Crippen LogP contribution in [-0.4, -0.2) is 24.8 Å². The van der Waals surface area contributed by atoms with Crippen LogP contribution in [0.15, 0.2) is 30.3 Å². The van der Waals surface area contributed by atoms with Gasteiger partial charge in [0.05, 0.1) is 25.2 Å². The molecule has 98 valence electrons. The van der Waals surface area contributed by atoms with Gasteiger partial charge in [-0.1, -0.05) is 30.3 Å². The van der Waals surface area contributed by atoms with E-state index in [9.17, 15) is 4.79 Å². The summed E-state index contributed by atoms with van der Waals surface area (Å²) < 4.78 is 10.8. The first-order valence-electron chi connectivity index (χ1n) is 6.63. The molecule has 1 aromatic rings. The lowest BCUT2D eigenvalue weighted by Gasteiger charge is -2.13. The lowest BCUT2D eigenvalue weighted by atomic mass is 10.1. The molecule has 3 heteroatoms. The Morgan fingerprint density at radius 1 is 1.28 bits per heavy atom. The Morgan fingerprint density at radius 2 is 2.00 bits per heavy atom. The highest BCUT2D eigenvalue weighted by Gasteiger charge is 2.27. The van der Waals surface area contributed by atoms with Crippen molar-refractivity contribution in [2.24, 2.45) is 0 Å². The molecule has 0 saturated carbocycles. The van der Waals surface area contributed by atoms with Crippen molar-refractivity contribution in [2.45, 2.75) is 44.8 Å². The summed E-state index contributed by atoms with van der Waals surface area (Å²) in [6.07, 6.45) is 3.58. The van der Waals surface area contributed by atoms with Gasteiger partial charge in [0.2, 0.25) is 0 Å². The summed E-state index contributed by atoms with van der Waals surface area (Å²) in [5.41, 5.74) is 1.29. The Labute approximate surface area is 108 Å². The van der Waals surface area contributed by atoms with Crippen LogP contribution in [0.3, 0.4) is 0 Å². The third kappa shape index (κ3) is 3.84. The highest BCUT2D eigenvalue weighted by atomic mass is 16.5. The molecule has 0 aromatic heterocycles. The number of carbonyl (C=O) groups is 1. The smallest absolute Gasteiger partial charge is 0.308 e. The highest BCUT2D eigenvalue weighted by Crippen LogP contribution is 2.25. The molecule has 0 radical (unpaired) electrons. The van der Waals surface area contributed by atoms with Crippen LogP contribution in [0.4, 0.5) is 0 Å². The van der Waals surface area contributed by atoms with Crippen molar-refractivity contribution in [1.82, 2.24) is 0 Å². The topological polar surface area (TPSA) is 35.5 Å². The number of esters is 1. The van der Waals surface area contributed by atoms with Gasteiger partial charge in [0, 0.05) is 0 Å². The zero-order valence-corrected chi connectivity index (χ0v) is 10.8. The van der Waals surface area contributed by atoms with Crippen LogP contribution in [0.2, 0.25) is 0 Å². The van der Waals surface area contributed by atoms with E-state index in [0.717, 1.165) is 19.3 Å². The van der Waals surface area contributed by atoms with Crippen LogP contribution in [-0.2, 0) is 20.7 Å². The minimum Gasteiger partial charge on any atom is -0.466 e. The average molecular weight is 248 g/mol.